The predicted octanol–water partition coefficient (Wildman–Crippen LogP) is 4.48. The summed E-state index contributed by atoms with van der Waals surface area (Å²) >= 11 is 0. The molecule has 4 amide bonds. The standard InChI is InChI=1S/C29H31N3O4/c1-20(22-11-13-24(14-12-22)23-7-5-4-6-8-23)30-26(33)19-32-27(34)29(2,31-28(32)35)18-17-21-9-15-25(36-3)16-10-21/h4-16,20H,17-19H2,1-3H3,(H,30,33)(H,31,35). The molecule has 1 heterocycles. The van der Waals surface area contributed by atoms with Crippen molar-refractivity contribution in [3.63, 3.8) is 0 Å². The zero-order chi connectivity index (χ0) is 25.7. The van der Waals surface area contributed by atoms with E-state index in [9.17, 15) is 14.4 Å². The largest absolute Gasteiger partial charge is 0.497 e. The third-order valence-electron chi connectivity index (χ3n) is 6.61. The smallest absolute Gasteiger partial charge is 0.325 e. The van der Waals surface area contributed by atoms with Crippen molar-refractivity contribution in [2.24, 2.45) is 0 Å². The van der Waals surface area contributed by atoms with Crippen LogP contribution in [0.1, 0.15) is 37.4 Å². The van der Waals surface area contributed by atoms with E-state index in [4.69, 9.17) is 4.74 Å². The molecule has 2 N–H and O–H groups in total. The highest BCUT2D eigenvalue weighted by molar-refractivity contribution is 6.08. The van der Waals surface area contributed by atoms with E-state index in [2.05, 4.69) is 10.6 Å². The molecule has 0 aliphatic carbocycles. The summed E-state index contributed by atoms with van der Waals surface area (Å²) < 4.78 is 5.17. The second-order valence-corrected chi connectivity index (χ2v) is 9.28. The molecule has 2 unspecified atom stereocenters. The Morgan fingerprint density at radius 1 is 0.972 bits per heavy atom. The van der Waals surface area contributed by atoms with Crippen LogP contribution in [0, 0.1) is 0 Å². The average Bonchev–Trinajstić information content (AvgIpc) is 3.11. The number of nitrogens with one attached hydrogen (secondary N) is 2. The molecule has 0 aromatic heterocycles. The van der Waals surface area contributed by atoms with Crippen molar-refractivity contribution < 1.29 is 19.1 Å². The Morgan fingerprint density at radius 3 is 2.25 bits per heavy atom. The fourth-order valence-corrected chi connectivity index (χ4v) is 4.36. The van der Waals surface area contributed by atoms with Gasteiger partial charge in [0.15, 0.2) is 0 Å². The first-order chi connectivity index (χ1) is 17.3. The minimum atomic E-state index is -1.06. The van der Waals surface area contributed by atoms with Crippen molar-refractivity contribution in [1.82, 2.24) is 15.5 Å². The Hall–Kier alpha value is -4.13. The number of amides is 4. The van der Waals surface area contributed by atoms with Gasteiger partial charge in [0.2, 0.25) is 5.91 Å². The van der Waals surface area contributed by atoms with Gasteiger partial charge in [-0.2, -0.15) is 0 Å². The Balaban J connectivity index is 1.33. The van der Waals surface area contributed by atoms with Gasteiger partial charge >= 0.3 is 6.03 Å². The maximum atomic E-state index is 13.1. The summed E-state index contributed by atoms with van der Waals surface area (Å²) in [5.74, 6) is -0.0256. The van der Waals surface area contributed by atoms with Gasteiger partial charge in [-0.15, -0.1) is 0 Å². The lowest BCUT2D eigenvalue weighted by Crippen LogP contribution is -2.45. The monoisotopic (exact) mass is 485 g/mol. The molecule has 4 rings (SSSR count). The number of ether oxygens (including phenoxy) is 1. The molecule has 186 valence electrons. The minimum absolute atomic E-state index is 0.274. The van der Waals surface area contributed by atoms with E-state index in [1.807, 2.05) is 85.8 Å². The quantitative estimate of drug-likeness (QED) is 0.438. The second-order valence-electron chi connectivity index (χ2n) is 9.28. The van der Waals surface area contributed by atoms with Crippen molar-refractivity contribution >= 4 is 17.8 Å². The summed E-state index contributed by atoms with van der Waals surface area (Å²) in [5.41, 5.74) is 3.11. The van der Waals surface area contributed by atoms with Crippen LogP contribution < -0.4 is 15.4 Å². The van der Waals surface area contributed by atoms with E-state index in [0.29, 0.717) is 12.8 Å². The number of methoxy groups -OCH3 is 1. The van der Waals surface area contributed by atoms with Gasteiger partial charge in [-0.05, 0) is 61.1 Å². The summed E-state index contributed by atoms with van der Waals surface area (Å²) in [6, 6.07) is 24.8. The Morgan fingerprint density at radius 2 is 1.61 bits per heavy atom. The van der Waals surface area contributed by atoms with Crippen molar-refractivity contribution in [3.8, 4) is 16.9 Å². The molecule has 1 aliphatic rings. The fraction of sp³-hybridized carbons (Fsp3) is 0.276. The molecular weight excluding hydrogens is 454 g/mol. The van der Waals surface area contributed by atoms with Gasteiger partial charge in [-0.25, -0.2) is 4.79 Å². The van der Waals surface area contributed by atoms with Crippen molar-refractivity contribution in [3.05, 3.63) is 90.0 Å². The zero-order valence-corrected chi connectivity index (χ0v) is 20.8. The number of benzene rings is 3. The normalized spacial score (nSPS) is 18.0. The fourth-order valence-electron chi connectivity index (χ4n) is 4.36. The van der Waals surface area contributed by atoms with Crippen LogP contribution in [-0.4, -0.2) is 41.9 Å². The number of carbonyl (C=O) groups excluding carboxylic acids is 3. The van der Waals surface area contributed by atoms with Crippen LogP contribution in [0.2, 0.25) is 0 Å². The molecule has 0 spiro atoms. The van der Waals surface area contributed by atoms with E-state index < -0.39 is 23.4 Å². The molecule has 3 aromatic carbocycles. The van der Waals surface area contributed by atoms with Crippen LogP contribution in [0.3, 0.4) is 0 Å². The molecule has 36 heavy (non-hydrogen) atoms. The van der Waals surface area contributed by atoms with Gasteiger partial charge in [0.05, 0.1) is 13.2 Å². The molecule has 0 saturated carbocycles. The van der Waals surface area contributed by atoms with Crippen LogP contribution in [0.4, 0.5) is 4.79 Å². The number of nitrogens with zero attached hydrogens (tertiary/aromatic N) is 1. The maximum Gasteiger partial charge on any atom is 0.325 e. The van der Waals surface area contributed by atoms with Crippen LogP contribution in [0.25, 0.3) is 11.1 Å². The first kappa shape index (κ1) is 25.0. The highest BCUT2D eigenvalue weighted by Gasteiger charge is 2.47. The van der Waals surface area contributed by atoms with E-state index in [-0.39, 0.29) is 12.6 Å². The lowest BCUT2D eigenvalue weighted by Gasteiger charge is -2.22. The summed E-state index contributed by atoms with van der Waals surface area (Å²) in [7, 11) is 1.61. The van der Waals surface area contributed by atoms with E-state index in [0.717, 1.165) is 32.9 Å². The molecule has 7 nitrogen and oxygen atoms in total. The van der Waals surface area contributed by atoms with E-state index in [1.54, 1.807) is 14.0 Å². The number of carbonyl (C=O) groups is 3. The van der Waals surface area contributed by atoms with Crippen LogP contribution in [-0.2, 0) is 16.0 Å². The number of imide groups is 1. The van der Waals surface area contributed by atoms with Crippen LogP contribution >= 0.6 is 0 Å². The maximum absolute atomic E-state index is 13.1. The Labute approximate surface area is 211 Å². The Kier molecular flexibility index (Phi) is 7.38. The second kappa shape index (κ2) is 10.6. The minimum Gasteiger partial charge on any atom is -0.497 e. The summed E-state index contributed by atoms with van der Waals surface area (Å²) in [6.07, 6.45) is 1.02. The molecule has 3 aromatic rings. The number of urea groups is 1. The lowest BCUT2D eigenvalue weighted by molar-refractivity contribution is -0.134. The van der Waals surface area contributed by atoms with Crippen LogP contribution in [0.15, 0.2) is 78.9 Å². The van der Waals surface area contributed by atoms with Gasteiger partial charge in [-0.1, -0.05) is 66.7 Å². The topological polar surface area (TPSA) is 87.7 Å². The number of hydrogen-bond acceptors (Lipinski definition) is 4. The van der Waals surface area contributed by atoms with E-state index >= 15 is 0 Å². The van der Waals surface area contributed by atoms with Crippen molar-refractivity contribution in [1.29, 1.82) is 0 Å². The first-order valence-electron chi connectivity index (χ1n) is 12.0. The molecular formula is C29H31N3O4. The third-order valence-corrected chi connectivity index (χ3v) is 6.61. The number of aryl methyl sites for hydroxylation is 1. The van der Waals surface area contributed by atoms with Crippen molar-refractivity contribution in [2.45, 2.75) is 38.3 Å². The molecule has 0 bridgehead atoms. The molecule has 1 saturated heterocycles. The van der Waals surface area contributed by atoms with Gasteiger partial charge in [0.1, 0.15) is 17.8 Å². The van der Waals surface area contributed by atoms with Gasteiger partial charge in [0.25, 0.3) is 5.91 Å². The molecule has 1 fully saturated rings. The first-order valence-corrected chi connectivity index (χ1v) is 12.0. The predicted molar refractivity (Wildman–Crippen MR) is 138 cm³/mol. The van der Waals surface area contributed by atoms with Crippen LogP contribution in [0.5, 0.6) is 5.75 Å². The third kappa shape index (κ3) is 5.57. The Bertz CT molecular complexity index is 1230. The zero-order valence-electron chi connectivity index (χ0n) is 20.8. The summed E-state index contributed by atoms with van der Waals surface area (Å²) in [4.78, 5) is 39.3. The molecule has 2 atom stereocenters. The molecule has 0 radical (unpaired) electrons. The van der Waals surface area contributed by atoms with E-state index in [1.165, 1.54) is 0 Å². The van der Waals surface area contributed by atoms with Gasteiger partial charge < -0.3 is 15.4 Å². The molecule has 7 heteroatoms. The summed E-state index contributed by atoms with van der Waals surface area (Å²) in [5, 5.41) is 5.66. The highest BCUT2D eigenvalue weighted by atomic mass is 16.5. The highest BCUT2D eigenvalue weighted by Crippen LogP contribution is 2.25. The molecule has 1 aliphatic heterocycles. The SMILES string of the molecule is COc1ccc(CCC2(C)NC(=O)N(CC(=O)NC(C)c3ccc(-c4ccccc4)cc3)C2=O)cc1. The average molecular weight is 486 g/mol. The van der Waals surface area contributed by atoms with Gasteiger partial charge in [0, 0.05) is 0 Å². The van der Waals surface area contributed by atoms with Gasteiger partial charge in [-0.3, -0.25) is 14.5 Å². The van der Waals surface area contributed by atoms with Crippen molar-refractivity contribution in [2.75, 3.05) is 13.7 Å². The number of rotatable bonds is 9. The number of hydrogen-bond donors (Lipinski definition) is 2. The lowest BCUT2D eigenvalue weighted by atomic mass is 9.93. The summed E-state index contributed by atoms with van der Waals surface area (Å²) in [6.45, 7) is 3.25.